The second-order valence-electron chi connectivity index (χ2n) is 11.3. The predicted octanol–water partition coefficient (Wildman–Crippen LogP) is 9.86. The highest BCUT2D eigenvalue weighted by Crippen LogP contribution is 2.22. The molecule has 0 N–H and O–H groups in total. The largest absolute Gasteiger partial charge is 0.441 e. The summed E-state index contributed by atoms with van der Waals surface area (Å²) in [6.45, 7) is 16.3. The Kier molecular flexibility index (Phi) is 9.70. The van der Waals surface area contributed by atoms with Crippen LogP contribution in [0.4, 0.5) is 0 Å². The Balaban J connectivity index is 0.000000119. The Labute approximate surface area is 272 Å². The number of oxazole rings is 1. The first kappa shape index (κ1) is 31.9. The number of hydrogen-bond acceptors (Lipinski definition) is 8. The number of imidazole rings is 1. The van der Waals surface area contributed by atoms with Crippen molar-refractivity contribution in [1.82, 2.24) is 28.3 Å². The van der Waals surface area contributed by atoms with Gasteiger partial charge in [0.25, 0.3) is 0 Å². The van der Waals surface area contributed by atoms with Crippen molar-refractivity contribution in [3.8, 4) is 0 Å². The lowest BCUT2D eigenvalue weighted by Gasteiger charge is -1.95. The zero-order valence-electron chi connectivity index (χ0n) is 27.3. The number of rotatable bonds is 0. The van der Waals surface area contributed by atoms with E-state index in [0.717, 1.165) is 49.9 Å². The summed E-state index contributed by atoms with van der Waals surface area (Å²) in [6, 6.07) is 22.9. The number of nitrogens with zero attached hydrogens (tertiary/aromatic N) is 6. The second kappa shape index (κ2) is 13.7. The molecule has 4 aromatic heterocycles. The summed E-state index contributed by atoms with van der Waals surface area (Å²) in [4.78, 5) is 13.0. The fourth-order valence-electron chi connectivity index (χ4n) is 4.85. The van der Waals surface area contributed by atoms with E-state index in [4.69, 9.17) is 4.42 Å². The Morgan fingerprint density at radius 2 is 1.18 bits per heavy atom. The van der Waals surface area contributed by atoms with Crippen molar-refractivity contribution in [1.29, 1.82) is 0 Å². The van der Waals surface area contributed by atoms with Gasteiger partial charge in [0.15, 0.2) is 11.5 Å². The maximum absolute atomic E-state index is 5.31. The molecule has 8 aromatic rings. The molecule has 0 amide bonds. The van der Waals surface area contributed by atoms with Crippen LogP contribution in [0.15, 0.2) is 71.1 Å². The van der Waals surface area contributed by atoms with Gasteiger partial charge in [0.05, 0.1) is 38.0 Å². The van der Waals surface area contributed by atoms with Crippen molar-refractivity contribution in [3.05, 3.63) is 111 Å². The van der Waals surface area contributed by atoms with Gasteiger partial charge in [-0.25, -0.2) is 15.0 Å². The number of thiazole rings is 1. The van der Waals surface area contributed by atoms with Crippen LogP contribution < -0.4 is 0 Å². The molecule has 0 radical (unpaired) electrons. The van der Waals surface area contributed by atoms with Gasteiger partial charge in [-0.1, -0.05) is 30.3 Å². The Morgan fingerprint density at radius 3 is 1.84 bits per heavy atom. The zero-order chi connectivity index (χ0) is 32.2. The van der Waals surface area contributed by atoms with E-state index in [1.165, 1.54) is 49.8 Å². The van der Waals surface area contributed by atoms with Gasteiger partial charge >= 0.3 is 0 Å². The summed E-state index contributed by atoms with van der Waals surface area (Å²) in [7, 11) is 2.04. The average molecular weight is 635 g/mol. The third-order valence-electron chi connectivity index (χ3n) is 7.38. The average Bonchev–Trinajstić information content (AvgIpc) is 3.77. The molecular formula is C36H38N6OS2. The summed E-state index contributed by atoms with van der Waals surface area (Å²) < 4.78 is 17.1. The van der Waals surface area contributed by atoms with Gasteiger partial charge in [0.1, 0.15) is 22.4 Å². The van der Waals surface area contributed by atoms with E-state index in [0.29, 0.717) is 0 Å². The molecule has 0 aliphatic rings. The highest BCUT2D eigenvalue weighted by Gasteiger charge is 2.04. The summed E-state index contributed by atoms with van der Waals surface area (Å²) in [6.07, 6.45) is 0. The van der Waals surface area contributed by atoms with Crippen LogP contribution in [0.5, 0.6) is 0 Å². The number of hydrogen-bond donors (Lipinski definition) is 0. The topological polar surface area (TPSA) is 82.5 Å². The lowest BCUT2D eigenvalue weighted by Crippen LogP contribution is -1.89. The number of benzene rings is 4. The predicted molar refractivity (Wildman–Crippen MR) is 190 cm³/mol. The number of aryl methyl sites for hydroxylation is 9. The van der Waals surface area contributed by atoms with Gasteiger partial charge in [-0.05, 0) is 113 Å². The van der Waals surface area contributed by atoms with E-state index in [2.05, 4.69) is 104 Å². The molecule has 7 nitrogen and oxygen atoms in total. The van der Waals surface area contributed by atoms with Crippen molar-refractivity contribution < 1.29 is 4.42 Å². The van der Waals surface area contributed by atoms with Crippen LogP contribution in [0.1, 0.15) is 44.5 Å². The minimum atomic E-state index is 0.727. The van der Waals surface area contributed by atoms with Gasteiger partial charge in [0, 0.05) is 14.0 Å². The monoisotopic (exact) mass is 634 g/mol. The molecule has 0 aliphatic heterocycles. The van der Waals surface area contributed by atoms with Gasteiger partial charge in [0.2, 0.25) is 0 Å². The Morgan fingerprint density at radius 1 is 0.600 bits per heavy atom. The molecule has 45 heavy (non-hydrogen) atoms. The van der Waals surface area contributed by atoms with E-state index in [1.807, 2.05) is 52.9 Å². The van der Waals surface area contributed by atoms with Gasteiger partial charge in [-0.2, -0.15) is 8.75 Å². The minimum Gasteiger partial charge on any atom is -0.441 e. The SMILES string of the molecule is Cc1ccc(C)c2nsnc12.Cc1ccc2c(c1)nc(C)n2C.Cc1ccc2oc(C)nc2c1.Cc1ccc2sc(C)nc2c1. The first-order valence-electron chi connectivity index (χ1n) is 14.7. The lowest BCUT2D eigenvalue weighted by atomic mass is 10.1. The van der Waals surface area contributed by atoms with Gasteiger partial charge in [-0.3, -0.25) is 0 Å². The van der Waals surface area contributed by atoms with Crippen molar-refractivity contribution in [3.63, 3.8) is 0 Å². The molecule has 0 saturated heterocycles. The van der Waals surface area contributed by atoms with Crippen molar-refractivity contribution >= 4 is 66.4 Å². The number of aromatic nitrogens is 6. The summed E-state index contributed by atoms with van der Waals surface area (Å²) in [5.41, 5.74) is 13.5. The molecule has 0 spiro atoms. The fraction of sp³-hybridized carbons (Fsp3) is 0.250. The molecule has 4 heterocycles. The first-order valence-corrected chi connectivity index (χ1v) is 16.3. The third kappa shape index (κ3) is 7.61. The minimum absolute atomic E-state index is 0.727. The van der Waals surface area contributed by atoms with E-state index >= 15 is 0 Å². The van der Waals surface area contributed by atoms with Crippen LogP contribution in [-0.2, 0) is 7.05 Å². The van der Waals surface area contributed by atoms with E-state index in [9.17, 15) is 0 Å². The van der Waals surface area contributed by atoms with Crippen LogP contribution in [0.25, 0.3) is 43.4 Å². The van der Waals surface area contributed by atoms with Crippen LogP contribution in [0, 0.1) is 55.4 Å². The van der Waals surface area contributed by atoms with E-state index in [1.54, 1.807) is 11.3 Å². The van der Waals surface area contributed by atoms with Gasteiger partial charge < -0.3 is 8.98 Å². The van der Waals surface area contributed by atoms with E-state index in [-0.39, 0.29) is 0 Å². The molecule has 8 rings (SSSR count). The number of fused-ring (bicyclic) bond motifs is 4. The highest BCUT2D eigenvalue weighted by molar-refractivity contribution is 7.18. The Hall–Kier alpha value is -4.47. The van der Waals surface area contributed by atoms with Crippen LogP contribution in [0.3, 0.4) is 0 Å². The van der Waals surface area contributed by atoms with Crippen molar-refractivity contribution in [2.75, 3.05) is 0 Å². The smallest absolute Gasteiger partial charge is 0.192 e. The quantitative estimate of drug-likeness (QED) is 0.165. The molecule has 9 heteroatoms. The van der Waals surface area contributed by atoms with Crippen LogP contribution >= 0.6 is 23.1 Å². The van der Waals surface area contributed by atoms with Crippen molar-refractivity contribution in [2.45, 2.75) is 55.4 Å². The summed E-state index contributed by atoms with van der Waals surface area (Å²) >= 11 is 3.03. The molecule has 0 atom stereocenters. The molecule has 0 unspecified atom stereocenters. The second-order valence-corrected chi connectivity index (χ2v) is 13.0. The maximum atomic E-state index is 5.31. The maximum Gasteiger partial charge on any atom is 0.192 e. The summed E-state index contributed by atoms with van der Waals surface area (Å²) in [5.74, 6) is 1.79. The molecule has 0 bridgehead atoms. The van der Waals surface area contributed by atoms with Crippen molar-refractivity contribution in [2.24, 2.45) is 7.05 Å². The normalized spacial score (nSPS) is 10.8. The molecule has 4 aromatic carbocycles. The lowest BCUT2D eigenvalue weighted by molar-refractivity contribution is 0.561. The molecular weight excluding hydrogens is 597 g/mol. The first-order chi connectivity index (χ1) is 21.5. The fourth-order valence-corrected chi connectivity index (χ4v) is 6.32. The van der Waals surface area contributed by atoms with E-state index < -0.39 is 0 Å². The van der Waals surface area contributed by atoms with Gasteiger partial charge in [-0.15, -0.1) is 11.3 Å². The molecule has 0 fully saturated rings. The third-order valence-corrected chi connectivity index (χ3v) is 8.86. The Bertz CT molecular complexity index is 2120. The van der Waals surface area contributed by atoms with Crippen LogP contribution in [0.2, 0.25) is 0 Å². The standard InChI is InChI=1S/C10H12N2.C9H9NO.C9H9NS.C8H8N2S/c1-7-4-5-10-9(6-7)11-8(2)12(10)3;2*1-6-3-4-9-8(5-6)10-7(2)11-9;1-5-3-4-6(2)8-7(5)9-11-10-8/h4-6H,1-3H3;2*3-5H,1-2H3;3-4H,1-2H3. The molecule has 0 saturated carbocycles. The molecule has 230 valence electrons. The summed E-state index contributed by atoms with van der Waals surface area (Å²) in [5, 5.41) is 1.14. The molecule has 0 aliphatic carbocycles. The van der Waals surface area contributed by atoms with Crippen LogP contribution in [-0.4, -0.2) is 28.3 Å². The zero-order valence-corrected chi connectivity index (χ0v) is 28.9. The highest BCUT2D eigenvalue weighted by atomic mass is 32.1.